The van der Waals surface area contributed by atoms with Gasteiger partial charge in [0, 0.05) is 30.8 Å². The Kier molecular flexibility index (Phi) is 7.25. The lowest BCUT2D eigenvalue weighted by Crippen LogP contribution is -2.57. The number of amides is 1. The molecule has 0 bridgehead atoms. The Bertz CT molecular complexity index is 1170. The molecule has 2 aromatic heterocycles. The van der Waals surface area contributed by atoms with Crippen molar-refractivity contribution in [2.45, 2.75) is 44.9 Å². The lowest BCUT2D eigenvalue weighted by Gasteiger charge is -2.45. The average Bonchev–Trinajstić information content (AvgIpc) is 3.25. The number of pyridine rings is 1. The van der Waals surface area contributed by atoms with Crippen molar-refractivity contribution in [3.05, 3.63) is 52.7 Å². The Labute approximate surface area is 203 Å². The maximum absolute atomic E-state index is 13.6. The molecule has 2 atom stereocenters. The molecule has 182 valence electrons. The van der Waals surface area contributed by atoms with E-state index in [-0.39, 0.29) is 18.6 Å². The van der Waals surface area contributed by atoms with Crippen molar-refractivity contribution in [1.29, 1.82) is 0 Å². The van der Waals surface area contributed by atoms with Gasteiger partial charge in [0.2, 0.25) is 5.95 Å². The molecule has 1 aliphatic heterocycles. The van der Waals surface area contributed by atoms with E-state index in [1.807, 2.05) is 43.0 Å². The second-order valence-electron chi connectivity index (χ2n) is 8.71. The maximum atomic E-state index is 13.6. The van der Waals surface area contributed by atoms with Crippen molar-refractivity contribution in [2.75, 3.05) is 32.2 Å². The van der Waals surface area contributed by atoms with Crippen LogP contribution in [0.4, 0.5) is 5.95 Å². The average molecular weight is 488 g/mol. The van der Waals surface area contributed by atoms with Crippen molar-refractivity contribution in [3.63, 3.8) is 0 Å². The number of halogens is 1. The van der Waals surface area contributed by atoms with E-state index in [1.165, 1.54) is 0 Å². The fourth-order valence-electron chi connectivity index (χ4n) is 4.18. The summed E-state index contributed by atoms with van der Waals surface area (Å²) in [6, 6.07) is 9.19. The molecule has 3 heterocycles. The van der Waals surface area contributed by atoms with Crippen LogP contribution in [0.2, 0.25) is 5.02 Å². The number of carbonyl (C=O) groups excluding carboxylic acids is 1. The molecule has 0 spiro atoms. The van der Waals surface area contributed by atoms with Crippen LogP contribution in [0.25, 0.3) is 5.65 Å². The summed E-state index contributed by atoms with van der Waals surface area (Å²) in [5.74, 6) is 0.730. The molecule has 1 unspecified atom stereocenters. The number of anilines is 1. The standard InChI is InChI=1S/C24H30ClN5O4/c1-4-19-14-34-24(2,8-9-31)15-29(19)22(32)17-11-20(33-3)21-27-23(28-30(21)13-17)26-12-16-6-5-7-18(25)10-16/h5-7,10-11,13,19,31H,4,8-9,12,14-15H2,1-3H3,(H,26,28)/t19-,24?/m1/s1. The SMILES string of the molecule is CC[C@@H]1COC(C)(CCO)CN1C(=O)c1cc(OC)c2nc(NCc3cccc(Cl)c3)nn2c1. The van der Waals surface area contributed by atoms with Gasteiger partial charge in [-0.05, 0) is 37.1 Å². The van der Waals surface area contributed by atoms with E-state index < -0.39 is 5.60 Å². The van der Waals surface area contributed by atoms with Gasteiger partial charge in [-0.15, -0.1) is 5.10 Å². The van der Waals surface area contributed by atoms with Gasteiger partial charge in [0.25, 0.3) is 5.91 Å². The number of nitrogens with one attached hydrogen (secondary N) is 1. The van der Waals surface area contributed by atoms with Gasteiger partial charge in [0.15, 0.2) is 11.4 Å². The number of aromatic nitrogens is 3. The molecule has 9 nitrogen and oxygen atoms in total. The number of carbonyl (C=O) groups is 1. The summed E-state index contributed by atoms with van der Waals surface area (Å²) in [6.07, 6.45) is 2.89. The van der Waals surface area contributed by atoms with Crippen molar-refractivity contribution in [1.82, 2.24) is 19.5 Å². The minimum atomic E-state index is -0.588. The minimum Gasteiger partial charge on any atom is -0.493 e. The van der Waals surface area contributed by atoms with Crippen LogP contribution in [0.1, 0.15) is 42.6 Å². The third-order valence-electron chi connectivity index (χ3n) is 6.15. The number of nitrogens with zero attached hydrogens (tertiary/aromatic N) is 4. The highest BCUT2D eigenvalue weighted by atomic mass is 35.5. The molecule has 1 fully saturated rings. The van der Waals surface area contributed by atoms with E-state index in [1.54, 1.807) is 23.9 Å². The number of morpholine rings is 1. The predicted octanol–water partition coefficient (Wildman–Crippen LogP) is 3.40. The Hall–Kier alpha value is -2.88. The van der Waals surface area contributed by atoms with Crippen LogP contribution < -0.4 is 10.1 Å². The third-order valence-corrected chi connectivity index (χ3v) is 6.38. The lowest BCUT2D eigenvalue weighted by atomic mass is 9.96. The molecule has 34 heavy (non-hydrogen) atoms. The first-order chi connectivity index (χ1) is 16.4. The summed E-state index contributed by atoms with van der Waals surface area (Å²) in [6.45, 7) is 5.28. The number of methoxy groups -OCH3 is 1. The normalized spacial score (nSPS) is 20.5. The number of fused-ring (bicyclic) bond motifs is 1. The number of benzene rings is 1. The van der Waals surface area contributed by atoms with Crippen LogP contribution in [0, 0.1) is 0 Å². The smallest absolute Gasteiger partial charge is 0.255 e. The fourth-order valence-corrected chi connectivity index (χ4v) is 4.39. The highest BCUT2D eigenvalue weighted by molar-refractivity contribution is 6.30. The summed E-state index contributed by atoms with van der Waals surface area (Å²) >= 11 is 6.06. The van der Waals surface area contributed by atoms with E-state index >= 15 is 0 Å². The highest BCUT2D eigenvalue weighted by Crippen LogP contribution is 2.29. The zero-order valence-electron chi connectivity index (χ0n) is 19.6. The zero-order chi connectivity index (χ0) is 24.3. The van der Waals surface area contributed by atoms with Crippen LogP contribution in [0.3, 0.4) is 0 Å². The fraction of sp³-hybridized carbons (Fsp3) is 0.458. The molecule has 10 heteroatoms. The van der Waals surface area contributed by atoms with E-state index in [9.17, 15) is 9.90 Å². The van der Waals surface area contributed by atoms with Crippen molar-refractivity contribution >= 4 is 29.1 Å². The van der Waals surface area contributed by atoms with Gasteiger partial charge >= 0.3 is 0 Å². The highest BCUT2D eigenvalue weighted by Gasteiger charge is 2.39. The minimum absolute atomic E-state index is 0.000968. The molecule has 2 N–H and O–H groups in total. The van der Waals surface area contributed by atoms with E-state index in [2.05, 4.69) is 15.4 Å². The summed E-state index contributed by atoms with van der Waals surface area (Å²) < 4.78 is 13.1. The van der Waals surface area contributed by atoms with Crippen LogP contribution in [0.5, 0.6) is 5.75 Å². The number of aliphatic hydroxyl groups excluding tert-OH is 1. The Morgan fingerprint density at radius 2 is 2.24 bits per heavy atom. The molecule has 3 aromatic rings. The first kappa shape index (κ1) is 24.3. The second kappa shape index (κ2) is 10.2. The first-order valence-corrected chi connectivity index (χ1v) is 11.7. The number of rotatable bonds is 8. The first-order valence-electron chi connectivity index (χ1n) is 11.3. The number of aliphatic hydroxyl groups is 1. The molecule has 0 radical (unpaired) electrons. The van der Waals surface area contributed by atoms with Crippen molar-refractivity contribution < 1.29 is 19.4 Å². The van der Waals surface area contributed by atoms with Crippen LogP contribution in [0.15, 0.2) is 36.5 Å². The van der Waals surface area contributed by atoms with Gasteiger partial charge in [0.1, 0.15) is 0 Å². The summed E-state index contributed by atoms with van der Waals surface area (Å²) in [4.78, 5) is 19.9. The van der Waals surface area contributed by atoms with Crippen LogP contribution >= 0.6 is 11.6 Å². The molecule has 1 amide bonds. The maximum Gasteiger partial charge on any atom is 0.255 e. The van der Waals surface area contributed by atoms with E-state index in [4.69, 9.17) is 21.1 Å². The van der Waals surface area contributed by atoms with Crippen molar-refractivity contribution in [2.24, 2.45) is 0 Å². The number of hydrogen-bond acceptors (Lipinski definition) is 7. The van der Waals surface area contributed by atoms with Gasteiger partial charge < -0.3 is 24.8 Å². The van der Waals surface area contributed by atoms with Gasteiger partial charge in [0.05, 0.1) is 37.5 Å². The summed E-state index contributed by atoms with van der Waals surface area (Å²) in [5.41, 5.74) is 1.36. The summed E-state index contributed by atoms with van der Waals surface area (Å²) in [7, 11) is 1.54. The topological polar surface area (TPSA) is 101 Å². The molecule has 1 saturated heterocycles. The quantitative estimate of drug-likeness (QED) is 0.502. The van der Waals surface area contributed by atoms with Crippen molar-refractivity contribution in [3.8, 4) is 5.75 Å². The molecular formula is C24H30ClN5O4. The molecule has 0 aliphatic carbocycles. The Morgan fingerprint density at radius 1 is 1.41 bits per heavy atom. The van der Waals surface area contributed by atoms with Crippen LogP contribution in [-0.4, -0.2) is 69.0 Å². The molecule has 0 saturated carbocycles. The third kappa shape index (κ3) is 5.11. The van der Waals surface area contributed by atoms with E-state index in [0.717, 1.165) is 12.0 Å². The predicted molar refractivity (Wildman–Crippen MR) is 129 cm³/mol. The zero-order valence-corrected chi connectivity index (χ0v) is 20.4. The molecule has 1 aromatic carbocycles. The molecule has 1 aliphatic rings. The van der Waals surface area contributed by atoms with Gasteiger partial charge in [-0.25, -0.2) is 4.52 Å². The van der Waals surface area contributed by atoms with Gasteiger partial charge in [-0.3, -0.25) is 4.79 Å². The Morgan fingerprint density at radius 3 is 2.94 bits per heavy atom. The monoisotopic (exact) mass is 487 g/mol. The van der Waals surface area contributed by atoms with Crippen LogP contribution in [-0.2, 0) is 11.3 Å². The molecule has 4 rings (SSSR count). The second-order valence-corrected chi connectivity index (χ2v) is 9.15. The largest absolute Gasteiger partial charge is 0.493 e. The molecular weight excluding hydrogens is 458 g/mol. The van der Waals surface area contributed by atoms with E-state index in [0.29, 0.717) is 54.0 Å². The number of hydrogen-bond donors (Lipinski definition) is 2. The van der Waals surface area contributed by atoms with Gasteiger partial charge in [-0.2, -0.15) is 4.98 Å². The summed E-state index contributed by atoms with van der Waals surface area (Å²) in [5, 5.41) is 17.8. The van der Waals surface area contributed by atoms with Gasteiger partial charge in [-0.1, -0.05) is 30.7 Å². The lowest BCUT2D eigenvalue weighted by molar-refractivity contribution is -0.121. The number of ether oxygens (including phenoxy) is 2. The Balaban J connectivity index is 1.60.